The third-order valence-electron chi connectivity index (χ3n) is 1.88. The van der Waals surface area contributed by atoms with E-state index in [1.165, 1.54) is 6.07 Å². The molecule has 0 amide bonds. The second-order valence-corrected chi connectivity index (χ2v) is 2.77. The minimum Gasteiger partial charge on any atom is -0.397 e. The summed E-state index contributed by atoms with van der Waals surface area (Å²) in [5, 5.41) is 0. The molecule has 0 bridgehead atoms. The van der Waals surface area contributed by atoms with E-state index in [-0.39, 0.29) is 5.82 Å². The zero-order chi connectivity index (χ0) is 9.26. The number of benzene rings is 1. The molecule has 0 spiro atoms. The smallest absolute Gasteiger partial charge is 0.149 e. The fourth-order valence-electron chi connectivity index (χ4n) is 1.29. The van der Waals surface area contributed by atoms with E-state index in [0.29, 0.717) is 11.4 Å². The third-order valence-corrected chi connectivity index (χ3v) is 1.88. The van der Waals surface area contributed by atoms with Gasteiger partial charge in [-0.15, -0.1) is 0 Å². The van der Waals surface area contributed by atoms with Gasteiger partial charge in [0, 0.05) is 12.4 Å². The van der Waals surface area contributed by atoms with Gasteiger partial charge in [-0.25, -0.2) is 4.39 Å². The highest BCUT2D eigenvalue weighted by Gasteiger charge is 2.05. The van der Waals surface area contributed by atoms with Crippen molar-refractivity contribution >= 4 is 5.69 Å². The van der Waals surface area contributed by atoms with Gasteiger partial charge < -0.3 is 10.3 Å². The second-order valence-electron chi connectivity index (χ2n) is 2.77. The number of anilines is 1. The van der Waals surface area contributed by atoms with Crippen LogP contribution in [-0.4, -0.2) is 4.57 Å². The van der Waals surface area contributed by atoms with Gasteiger partial charge in [-0.1, -0.05) is 6.07 Å². The molecule has 0 aliphatic rings. The molecule has 0 unspecified atom stereocenters. The molecule has 0 fully saturated rings. The molecule has 66 valence electrons. The first-order chi connectivity index (χ1) is 6.29. The number of rotatable bonds is 1. The number of nitrogens with two attached hydrogens (primary N) is 1. The van der Waals surface area contributed by atoms with E-state index >= 15 is 0 Å². The fourth-order valence-corrected chi connectivity index (χ4v) is 1.29. The van der Waals surface area contributed by atoms with Crippen molar-refractivity contribution in [3.8, 4) is 5.69 Å². The van der Waals surface area contributed by atoms with Crippen molar-refractivity contribution in [2.75, 3.05) is 5.73 Å². The summed E-state index contributed by atoms with van der Waals surface area (Å²) in [7, 11) is 0. The number of para-hydroxylation sites is 1. The Morgan fingerprint density at radius 1 is 1.08 bits per heavy atom. The maximum absolute atomic E-state index is 13.3. The predicted molar refractivity (Wildman–Crippen MR) is 50.1 cm³/mol. The van der Waals surface area contributed by atoms with Crippen LogP contribution in [0.25, 0.3) is 5.69 Å². The maximum atomic E-state index is 13.3. The monoisotopic (exact) mass is 176 g/mol. The number of hydrogen-bond acceptors (Lipinski definition) is 1. The molecule has 0 saturated heterocycles. The molecule has 1 aromatic heterocycles. The molecule has 1 aromatic carbocycles. The average molecular weight is 176 g/mol. The minimum absolute atomic E-state index is 0.309. The van der Waals surface area contributed by atoms with Gasteiger partial charge in [-0.2, -0.15) is 0 Å². The van der Waals surface area contributed by atoms with Crippen LogP contribution in [0.15, 0.2) is 42.7 Å². The molecule has 0 aliphatic carbocycles. The van der Waals surface area contributed by atoms with E-state index in [4.69, 9.17) is 5.73 Å². The number of nitrogen functional groups attached to an aromatic ring is 1. The fraction of sp³-hybridized carbons (Fsp3) is 0. The van der Waals surface area contributed by atoms with Crippen LogP contribution >= 0.6 is 0 Å². The van der Waals surface area contributed by atoms with Crippen LogP contribution in [0.2, 0.25) is 0 Å². The van der Waals surface area contributed by atoms with Gasteiger partial charge in [-0.3, -0.25) is 0 Å². The molecule has 2 nitrogen and oxygen atoms in total. The van der Waals surface area contributed by atoms with Gasteiger partial charge in [0.25, 0.3) is 0 Å². The first-order valence-corrected chi connectivity index (χ1v) is 3.96. The molecule has 13 heavy (non-hydrogen) atoms. The highest BCUT2D eigenvalue weighted by molar-refractivity contribution is 5.58. The SMILES string of the molecule is Nc1cccc(F)c1-n1cccc1. The number of halogens is 1. The minimum atomic E-state index is -0.309. The Bertz CT molecular complexity index is 387. The summed E-state index contributed by atoms with van der Waals surface area (Å²) in [5.74, 6) is -0.309. The van der Waals surface area contributed by atoms with Crippen LogP contribution in [0.5, 0.6) is 0 Å². The lowest BCUT2D eigenvalue weighted by Gasteiger charge is -2.07. The van der Waals surface area contributed by atoms with Crippen LogP contribution in [0, 0.1) is 5.82 Å². The molecule has 0 aliphatic heterocycles. The number of aromatic nitrogens is 1. The first kappa shape index (κ1) is 7.86. The Kier molecular flexibility index (Phi) is 1.77. The van der Waals surface area contributed by atoms with Crippen molar-refractivity contribution in [1.29, 1.82) is 0 Å². The molecular formula is C10H9FN2. The molecule has 0 saturated carbocycles. The van der Waals surface area contributed by atoms with E-state index in [1.807, 2.05) is 12.1 Å². The van der Waals surface area contributed by atoms with Crippen molar-refractivity contribution in [3.63, 3.8) is 0 Å². The normalized spacial score (nSPS) is 10.2. The van der Waals surface area contributed by atoms with E-state index in [9.17, 15) is 4.39 Å². The maximum Gasteiger partial charge on any atom is 0.149 e. The highest BCUT2D eigenvalue weighted by Crippen LogP contribution is 2.20. The van der Waals surface area contributed by atoms with Crippen molar-refractivity contribution < 1.29 is 4.39 Å². The average Bonchev–Trinajstić information content (AvgIpc) is 2.57. The zero-order valence-electron chi connectivity index (χ0n) is 6.94. The van der Waals surface area contributed by atoms with Gasteiger partial charge in [0.1, 0.15) is 11.5 Å². The summed E-state index contributed by atoms with van der Waals surface area (Å²) in [5.41, 5.74) is 6.50. The van der Waals surface area contributed by atoms with Crippen molar-refractivity contribution in [2.45, 2.75) is 0 Å². The van der Waals surface area contributed by atoms with Crippen LogP contribution in [-0.2, 0) is 0 Å². The molecule has 3 heteroatoms. The Morgan fingerprint density at radius 2 is 1.77 bits per heavy atom. The molecular weight excluding hydrogens is 167 g/mol. The van der Waals surface area contributed by atoms with E-state index in [1.54, 1.807) is 29.1 Å². The lowest BCUT2D eigenvalue weighted by molar-refractivity contribution is 0.619. The Morgan fingerprint density at radius 3 is 2.38 bits per heavy atom. The van der Waals surface area contributed by atoms with Gasteiger partial charge >= 0.3 is 0 Å². The summed E-state index contributed by atoms with van der Waals surface area (Å²) in [4.78, 5) is 0. The van der Waals surface area contributed by atoms with Gasteiger partial charge in [-0.05, 0) is 24.3 Å². The zero-order valence-corrected chi connectivity index (χ0v) is 6.94. The summed E-state index contributed by atoms with van der Waals surface area (Å²) >= 11 is 0. The number of hydrogen-bond donors (Lipinski definition) is 1. The van der Waals surface area contributed by atoms with Gasteiger partial charge in [0.2, 0.25) is 0 Å². The third kappa shape index (κ3) is 1.28. The summed E-state index contributed by atoms with van der Waals surface area (Å²) in [6.07, 6.45) is 3.52. The van der Waals surface area contributed by atoms with Gasteiger partial charge in [0.05, 0.1) is 5.69 Å². The van der Waals surface area contributed by atoms with Crippen molar-refractivity contribution in [1.82, 2.24) is 4.57 Å². The molecule has 0 atom stereocenters. The summed E-state index contributed by atoms with van der Waals surface area (Å²) in [6.45, 7) is 0. The standard InChI is InChI=1S/C10H9FN2/c11-8-4-3-5-9(12)10(8)13-6-1-2-7-13/h1-7H,12H2. The summed E-state index contributed by atoms with van der Waals surface area (Å²) < 4.78 is 15.0. The first-order valence-electron chi connectivity index (χ1n) is 3.96. The van der Waals surface area contributed by atoms with E-state index in [2.05, 4.69) is 0 Å². The molecule has 0 radical (unpaired) electrons. The second kappa shape index (κ2) is 2.94. The topological polar surface area (TPSA) is 30.9 Å². The molecule has 2 aromatic rings. The van der Waals surface area contributed by atoms with Crippen LogP contribution < -0.4 is 5.73 Å². The van der Waals surface area contributed by atoms with Crippen LogP contribution in [0.1, 0.15) is 0 Å². The summed E-state index contributed by atoms with van der Waals surface area (Å²) in [6, 6.07) is 8.32. The lowest BCUT2D eigenvalue weighted by Crippen LogP contribution is -2.00. The van der Waals surface area contributed by atoms with E-state index in [0.717, 1.165) is 0 Å². The Labute approximate surface area is 75.4 Å². The van der Waals surface area contributed by atoms with Crippen LogP contribution in [0.3, 0.4) is 0 Å². The molecule has 2 rings (SSSR count). The van der Waals surface area contributed by atoms with E-state index < -0.39 is 0 Å². The largest absolute Gasteiger partial charge is 0.397 e. The lowest BCUT2D eigenvalue weighted by atomic mass is 10.2. The number of nitrogens with zero attached hydrogens (tertiary/aromatic N) is 1. The van der Waals surface area contributed by atoms with Gasteiger partial charge in [0.15, 0.2) is 0 Å². The van der Waals surface area contributed by atoms with Crippen LogP contribution in [0.4, 0.5) is 10.1 Å². The van der Waals surface area contributed by atoms with Crippen molar-refractivity contribution in [3.05, 3.63) is 48.5 Å². The highest BCUT2D eigenvalue weighted by atomic mass is 19.1. The predicted octanol–water partition coefficient (Wildman–Crippen LogP) is 2.20. The molecule has 2 N–H and O–H groups in total. The van der Waals surface area contributed by atoms with Crippen molar-refractivity contribution in [2.24, 2.45) is 0 Å². The Balaban J connectivity index is 2.64. The quantitative estimate of drug-likeness (QED) is 0.663. The Hall–Kier alpha value is -1.77. The molecule has 1 heterocycles.